The van der Waals surface area contributed by atoms with Crippen molar-refractivity contribution in [2.75, 3.05) is 6.54 Å². The Bertz CT molecular complexity index is 797. The number of aryl methyl sites for hydroxylation is 1. The Balaban J connectivity index is 1.47. The van der Waals surface area contributed by atoms with E-state index in [-0.39, 0.29) is 17.9 Å². The summed E-state index contributed by atoms with van der Waals surface area (Å²) >= 11 is 0. The Morgan fingerprint density at radius 2 is 1.79 bits per heavy atom. The molecular weight excluding hydrogens is 362 g/mol. The maximum absolute atomic E-state index is 12.3. The van der Waals surface area contributed by atoms with Gasteiger partial charge in [-0.3, -0.25) is 14.6 Å². The molecule has 1 aromatic carbocycles. The lowest BCUT2D eigenvalue weighted by Crippen LogP contribution is -2.36. The predicted octanol–water partition coefficient (Wildman–Crippen LogP) is 3.73. The number of carbonyl (C=O) groups excluding carboxylic acids is 2. The lowest BCUT2D eigenvalue weighted by molar-refractivity contribution is -0.121. The molecule has 2 N–H and O–H groups in total. The number of nitrogens with zero attached hydrogens (tertiary/aromatic N) is 1. The number of benzene rings is 1. The summed E-state index contributed by atoms with van der Waals surface area (Å²) < 4.78 is 0. The average Bonchev–Trinajstić information content (AvgIpc) is 2.73. The van der Waals surface area contributed by atoms with E-state index in [1.807, 2.05) is 49.4 Å². The fourth-order valence-corrected chi connectivity index (χ4v) is 4.15. The van der Waals surface area contributed by atoms with Gasteiger partial charge in [0.25, 0.3) is 0 Å². The maximum atomic E-state index is 12.3. The van der Waals surface area contributed by atoms with Crippen LogP contribution in [0.5, 0.6) is 0 Å². The Hall–Kier alpha value is -2.69. The molecule has 2 amide bonds. The zero-order valence-corrected chi connectivity index (χ0v) is 17.4. The highest BCUT2D eigenvalue weighted by atomic mass is 16.2. The molecule has 0 bridgehead atoms. The Labute approximate surface area is 173 Å². The topological polar surface area (TPSA) is 71.1 Å². The number of nitrogens with one attached hydrogen (secondary N) is 2. The Morgan fingerprint density at radius 1 is 1.07 bits per heavy atom. The van der Waals surface area contributed by atoms with Crippen molar-refractivity contribution in [3.8, 4) is 0 Å². The normalized spacial score (nSPS) is 19.9. The number of rotatable bonds is 7. The van der Waals surface area contributed by atoms with Crippen LogP contribution in [0.4, 0.5) is 0 Å². The van der Waals surface area contributed by atoms with Gasteiger partial charge in [0.1, 0.15) is 0 Å². The first-order valence-electron chi connectivity index (χ1n) is 10.5. The first kappa shape index (κ1) is 21.0. The van der Waals surface area contributed by atoms with E-state index in [0.717, 1.165) is 43.5 Å². The van der Waals surface area contributed by atoms with Crippen LogP contribution in [-0.4, -0.2) is 23.3 Å². The smallest absolute Gasteiger partial charge is 0.224 e. The highest BCUT2D eigenvalue weighted by Gasteiger charge is 2.30. The first-order valence-corrected chi connectivity index (χ1v) is 10.5. The average molecular weight is 394 g/mol. The zero-order valence-electron chi connectivity index (χ0n) is 17.4. The molecule has 1 fully saturated rings. The van der Waals surface area contributed by atoms with Crippen molar-refractivity contribution in [2.24, 2.45) is 11.8 Å². The lowest BCUT2D eigenvalue weighted by Gasteiger charge is -2.34. The minimum Gasteiger partial charge on any atom is -0.356 e. The molecule has 1 heterocycles. The summed E-state index contributed by atoms with van der Waals surface area (Å²) in [4.78, 5) is 28.4. The largest absolute Gasteiger partial charge is 0.356 e. The van der Waals surface area contributed by atoms with Crippen LogP contribution < -0.4 is 10.6 Å². The highest BCUT2D eigenvalue weighted by molar-refractivity contribution is 5.78. The maximum Gasteiger partial charge on any atom is 0.224 e. The van der Waals surface area contributed by atoms with Crippen LogP contribution in [0.25, 0.3) is 0 Å². The van der Waals surface area contributed by atoms with Crippen molar-refractivity contribution >= 4 is 11.8 Å². The van der Waals surface area contributed by atoms with Gasteiger partial charge < -0.3 is 10.6 Å². The fourth-order valence-electron chi connectivity index (χ4n) is 4.15. The first-order chi connectivity index (χ1) is 14.0. The van der Waals surface area contributed by atoms with Gasteiger partial charge in [-0.25, -0.2) is 0 Å². The second-order valence-electron chi connectivity index (χ2n) is 8.18. The van der Waals surface area contributed by atoms with E-state index in [1.165, 1.54) is 5.56 Å². The number of hydrogen-bond acceptors (Lipinski definition) is 3. The second-order valence-corrected chi connectivity index (χ2v) is 8.18. The summed E-state index contributed by atoms with van der Waals surface area (Å²) in [7, 11) is 0. The van der Waals surface area contributed by atoms with Crippen molar-refractivity contribution in [1.29, 1.82) is 0 Å². The van der Waals surface area contributed by atoms with Crippen molar-refractivity contribution < 1.29 is 9.59 Å². The standard InChI is InChI=1S/C24H31N3O2/c1-17-6-8-19(9-7-17)15-23(29)26-16-20-10-12-21(13-11-20)24(27-18(2)28)22-5-3-4-14-25-22/h3-9,14,20-21,24H,10-13,15-16H2,1-2H3,(H,26,29)(H,27,28). The molecule has 0 saturated heterocycles. The van der Waals surface area contributed by atoms with Crippen molar-refractivity contribution in [3.05, 3.63) is 65.5 Å². The Kier molecular flexibility index (Phi) is 7.39. The third kappa shape index (κ3) is 6.41. The van der Waals surface area contributed by atoms with Gasteiger partial charge in [0.15, 0.2) is 0 Å². The molecule has 3 rings (SSSR count). The van der Waals surface area contributed by atoms with Crippen molar-refractivity contribution in [1.82, 2.24) is 15.6 Å². The number of hydrogen-bond donors (Lipinski definition) is 2. The molecule has 2 aromatic rings. The lowest BCUT2D eigenvalue weighted by atomic mass is 9.77. The highest BCUT2D eigenvalue weighted by Crippen LogP contribution is 2.36. The van der Waals surface area contributed by atoms with Crippen molar-refractivity contribution in [3.63, 3.8) is 0 Å². The number of carbonyl (C=O) groups is 2. The van der Waals surface area contributed by atoms with Crippen LogP contribution in [0.15, 0.2) is 48.7 Å². The summed E-state index contributed by atoms with van der Waals surface area (Å²) in [6.45, 7) is 4.33. The molecule has 5 nitrogen and oxygen atoms in total. The van der Waals surface area contributed by atoms with Gasteiger partial charge >= 0.3 is 0 Å². The van der Waals surface area contributed by atoms with E-state index in [9.17, 15) is 9.59 Å². The molecule has 5 heteroatoms. The summed E-state index contributed by atoms with van der Waals surface area (Å²) in [5.74, 6) is 0.940. The van der Waals surface area contributed by atoms with Gasteiger partial charge in [-0.15, -0.1) is 0 Å². The third-order valence-corrected chi connectivity index (χ3v) is 5.80. The van der Waals surface area contributed by atoms with Gasteiger partial charge in [-0.2, -0.15) is 0 Å². The van der Waals surface area contributed by atoms with Gasteiger partial charge in [-0.1, -0.05) is 35.9 Å². The fraction of sp³-hybridized carbons (Fsp3) is 0.458. The van der Waals surface area contributed by atoms with E-state index in [0.29, 0.717) is 18.3 Å². The van der Waals surface area contributed by atoms with Crippen LogP contribution in [0.1, 0.15) is 55.5 Å². The SMILES string of the molecule is CC(=O)NC(c1ccccn1)C1CCC(CNC(=O)Cc2ccc(C)cc2)CC1. The molecule has 1 aliphatic carbocycles. The molecule has 1 saturated carbocycles. The van der Waals surface area contributed by atoms with Gasteiger partial charge in [-0.05, 0) is 62.1 Å². The van der Waals surface area contributed by atoms with Crippen LogP contribution in [0.2, 0.25) is 0 Å². The third-order valence-electron chi connectivity index (χ3n) is 5.80. The Morgan fingerprint density at radius 3 is 2.41 bits per heavy atom. The molecule has 29 heavy (non-hydrogen) atoms. The summed E-state index contributed by atoms with van der Waals surface area (Å²) in [5.41, 5.74) is 3.18. The zero-order chi connectivity index (χ0) is 20.6. The summed E-state index contributed by atoms with van der Waals surface area (Å²) in [5, 5.41) is 6.19. The summed E-state index contributed by atoms with van der Waals surface area (Å²) in [6, 6.07) is 13.9. The van der Waals surface area contributed by atoms with E-state index in [2.05, 4.69) is 15.6 Å². The number of aromatic nitrogens is 1. The molecule has 1 atom stereocenters. The number of amides is 2. The number of pyridine rings is 1. The van der Waals surface area contributed by atoms with E-state index >= 15 is 0 Å². The molecule has 154 valence electrons. The quantitative estimate of drug-likeness (QED) is 0.753. The predicted molar refractivity (Wildman–Crippen MR) is 114 cm³/mol. The molecule has 0 spiro atoms. The van der Waals surface area contributed by atoms with Gasteiger partial charge in [0.05, 0.1) is 18.2 Å². The monoisotopic (exact) mass is 393 g/mol. The second kappa shape index (κ2) is 10.2. The van der Waals surface area contributed by atoms with E-state index in [4.69, 9.17) is 0 Å². The molecule has 1 aliphatic rings. The molecule has 0 radical (unpaired) electrons. The van der Waals surface area contributed by atoms with Crippen LogP contribution in [0.3, 0.4) is 0 Å². The molecule has 1 unspecified atom stereocenters. The summed E-state index contributed by atoms with van der Waals surface area (Å²) in [6.07, 6.45) is 6.37. The van der Waals surface area contributed by atoms with Gasteiger partial charge in [0.2, 0.25) is 11.8 Å². The molecular formula is C24H31N3O2. The van der Waals surface area contributed by atoms with Gasteiger partial charge in [0, 0.05) is 19.7 Å². The molecule has 1 aromatic heterocycles. The minimum atomic E-state index is -0.0363. The minimum absolute atomic E-state index is 0.0221. The van der Waals surface area contributed by atoms with E-state index in [1.54, 1.807) is 13.1 Å². The van der Waals surface area contributed by atoms with Crippen molar-refractivity contribution in [2.45, 2.75) is 52.0 Å². The van der Waals surface area contributed by atoms with E-state index < -0.39 is 0 Å². The molecule has 0 aliphatic heterocycles. The van der Waals surface area contributed by atoms with Crippen LogP contribution >= 0.6 is 0 Å². The van der Waals surface area contributed by atoms with Crippen LogP contribution in [0, 0.1) is 18.8 Å². The van der Waals surface area contributed by atoms with Crippen LogP contribution in [-0.2, 0) is 16.0 Å².